The molecule has 0 bridgehead atoms. The number of anilines is 3. The number of para-hydroxylation sites is 2. The van der Waals surface area contributed by atoms with Crippen LogP contribution in [0.5, 0.6) is 0 Å². The maximum Gasteiger partial charge on any atom is 0.257 e. The van der Waals surface area contributed by atoms with Gasteiger partial charge in [0.2, 0.25) is 0 Å². The second-order valence-electron chi connectivity index (χ2n) is 7.53. The van der Waals surface area contributed by atoms with Crippen LogP contribution in [0.1, 0.15) is 10.4 Å². The Hall–Kier alpha value is -4.23. The van der Waals surface area contributed by atoms with Crippen LogP contribution >= 0.6 is 11.8 Å². The van der Waals surface area contributed by atoms with Gasteiger partial charge in [0.1, 0.15) is 5.82 Å². The van der Waals surface area contributed by atoms with Crippen LogP contribution in [0.3, 0.4) is 0 Å². The first-order valence-electron chi connectivity index (χ1n) is 10.7. The molecule has 0 aliphatic carbocycles. The van der Waals surface area contributed by atoms with Gasteiger partial charge in [-0.2, -0.15) is 0 Å². The van der Waals surface area contributed by atoms with E-state index in [0.717, 1.165) is 33.5 Å². The smallest absolute Gasteiger partial charge is 0.257 e. The number of nitrogens with one attached hydrogen (secondary N) is 2. The van der Waals surface area contributed by atoms with Gasteiger partial charge in [-0.1, -0.05) is 60.3 Å². The second-order valence-corrected chi connectivity index (χ2v) is 8.30. The topological polar surface area (TPSA) is 79.8 Å². The molecule has 3 aromatic carbocycles. The van der Waals surface area contributed by atoms with Crippen LogP contribution < -0.4 is 10.6 Å². The zero-order valence-electron chi connectivity index (χ0n) is 18.4. The van der Waals surface area contributed by atoms with Gasteiger partial charge in [-0.25, -0.2) is 9.97 Å². The Morgan fingerprint density at radius 2 is 1.62 bits per heavy atom. The van der Waals surface area contributed by atoms with E-state index in [1.54, 1.807) is 18.3 Å². The lowest BCUT2D eigenvalue weighted by Gasteiger charge is -2.11. The second kappa shape index (κ2) is 9.72. The molecule has 5 aromatic rings. The minimum absolute atomic E-state index is 0.241. The first-order chi connectivity index (χ1) is 16.7. The number of nitrogens with zero attached hydrogens (tertiary/aromatic N) is 3. The molecular weight excluding hydrogens is 442 g/mol. The summed E-state index contributed by atoms with van der Waals surface area (Å²) in [6, 6.07) is 29.1. The van der Waals surface area contributed by atoms with Crippen molar-refractivity contribution in [2.24, 2.45) is 0 Å². The van der Waals surface area contributed by atoms with Crippen LogP contribution in [0.15, 0.2) is 102 Å². The highest BCUT2D eigenvalue weighted by Crippen LogP contribution is 2.27. The number of thioether (sulfide) groups is 1. The first kappa shape index (κ1) is 21.6. The molecule has 5 rings (SSSR count). The van der Waals surface area contributed by atoms with E-state index in [4.69, 9.17) is 0 Å². The van der Waals surface area contributed by atoms with E-state index in [2.05, 4.69) is 25.6 Å². The Kier molecular flexibility index (Phi) is 6.18. The number of carbonyl (C=O) groups excluding carboxylic acids is 1. The van der Waals surface area contributed by atoms with Crippen LogP contribution in [0.2, 0.25) is 0 Å². The summed E-state index contributed by atoms with van der Waals surface area (Å²) in [6.07, 6.45) is 3.55. The Morgan fingerprint density at radius 3 is 2.47 bits per heavy atom. The van der Waals surface area contributed by atoms with Crippen molar-refractivity contribution in [3.05, 3.63) is 103 Å². The minimum Gasteiger partial charge on any atom is -0.356 e. The van der Waals surface area contributed by atoms with Crippen molar-refractivity contribution in [2.45, 2.75) is 5.16 Å². The lowest BCUT2D eigenvalue weighted by Crippen LogP contribution is -2.14. The molecule has 166 valence electrons. The summed E-state index contributed by atoms with van der Waals surface area (Å²) in [5, 5.41) is 7.72. The number of fused-ring (bicyclic) bond motifs is 1. The van der Waals surface area contributed by atoms with Crippen LogP contribution in [0.25, 0.3) is 22.2 Å². The summed E-state index contributed by atoms with van der Waals surface area (Å²) < 4.78 is 0. The molecule has 1 amide bonds. The van der Waals surface area contributed by atoms with Crippen molar-refractivity contribution in [1.29, 1.82) is 0 Å². The standard InChI is InChI=1S/C27H21N5OS/c1-34-27-30-24(18-8-7-11-20(16-18)29-19-9-3-2-4-10-19)17-25(32-27)31-26(33)22-14-15-28-23-13-6-5-12-21(22)23/h2-17,29H,1H3,(H,30,31,32,33). The minimum atomic E-state index is -0.241. The monoisotopic (exact) mass is 463 g/mol. The van der Waals surface area contributed by atoms with Crippen molar-refractivity contribution in [3.8, 4) is 11.3 Å². The zero-order chi connectivity index (χ0) is 23.3. The van der Waals surface area contributed by atoms with E-state index < -0.39 is 0 Å². The summed E-state index contributed by atoms with van der Waals surface area (Å²) in [6.45, 7) is 0. The Bertz CT molecular complexity index is 1470. The van der Waals surface area contributed by atoms with E-state index in [1.165, 1.54) is 11.8 Å². The molecule has 0 atom stereocenters. The highest BCUT2D eigenvalue weighted by Gasteiger charge is 2.14. The molecule has 7 heteroatoms. The Labute approximate surface area is 201 Å². The van der Waals surface area contributed by atoms with Crippen molar-refractivity contribution < 1.29 is 4.79 Å². The molecule has 0 aliphatic rings. The number of hydrogen-bond donors (Lipinski definition) is 2. The summed E-state index contributed by atoms with van der Waals surface area (Å²) in [5.74, 6) is 0.205. The molecule has 0 spiro atoms. The molecular formula is C27H21N5OS. The van der Waals surface area contributed by atoms with Gasteiger partial charge in [0.15, 0.2) is 5.16 Å². The quantitative estimate of drug-likeness (QED) is 0.224. The maximum absolute atomic E-state index is 13.1. The van der Waals surface area contributed by atoms with Crippen LogP contribution in [-0.4, -0.2) is 27.1 Å². The van der Waals surface area contributed by atoms with Crippen molar-refractivity contribution in [1.82, 2.24) is 15.0 Å². The van der Waals surface area contributed by atoms with Gasteiger partial charge in [-0.05, 0) is 42.7 Å². The lowest BCUT2D eigenvalue weighted by atomic mass is 10.1. The molecule has 2 heterocycles. The molecule has 0 fully saturated rings. The van der Waals surface area contributed by atoms with E-state index in [-0.39, 0.29) is 5.91 Å². The molecule has 34 heavy (non-hydrogen) atoms. The highest BCUT2D eigenvalue weighted by atomic mass is 32.2. The molecule has 0 saturated carbocycles. The van der Waals surface area contributed by atoms with Crippen molar-refractivity contribution in [3.63, 3.8) is 0 Å². The number of aromatic nitrogens is 3. The Balaban J connectivity index is 1.45. The van der Waals surface area contributed by atoms with Gasteiger partial charge in [0.05, 0.1) is 16.8 Å². The van der Waals surface area contributed by atoms with E-state index in [9.17, 15) is 4.79 Å². The predicted octanol–water partition coefficient (Wildman–Crippen LogP) is 6.41. The van der Waals surface area contributed by atoms with Gasteiger partial charge < -0.3 is 10.6 Å². The van der Waals surface area contributed by atoms with Crippen LogP contribution in [0.4, 0.5) is 17.2 Å². The molecule has 0 aliphatic heterocycles. The summed E-state index contributed by atoms with van der Waals surface area (Å²) in [7, 11) is 0. The zero-order valence-corrected chi connectivity index (χ0v) is 19.2. The summed E-state index contributed by atoms with van der Waals surface area (Å²) >= 11 is 1.42. The van der Waals surface area contributed by atoms with E-state index >= 15 is 0 Å². The fourth-order valence-corrected chi connectivity index (χ4v) is 4.03. The lowest BCUT2D eigenvalue weighted by molar-refractivity contribution is 0.102. The van der Waals surface area contributed by atoms with E-state index in [1.807, 2.05) is 85.1 Å². The SMILES string of the molecule is CSc1nc(NC(=O)c2ccnc3ccccc23)cc(-c2cccc(Nc3ccccc3)c2)n1. The van der Waals surface area contributed by atoms with Gasteiger partial charge in [-0.3, -0.25) is 9.78 Å². The highest BCUT2D eigenvalue weighted by molar-refractivity contribution is 7.98. The third kappa shape index (κ3) is 4.74. The number of amides is 1. The number of hydrogen-bond acceptors (Lipinski definition) is 6. The van der Waals surface area contributed by atoms with Crippen molar-refractivity contribution >= 4 is 45.8 Å². The average Bonchev–Trinajstić information content (AvgIpc) is 2.89. The van der Waals surface area contributed by atoms with E-state index in [0.29, 0.717) is 16.5 Å². The van der Waals surface area contributed by atoms with Gasteiger partial charge in [0, 0.05) is 34.6 Å². The number of benzene rings is 3. The fraction of sp³-hybridized carbons (Fsp3) is 0.0370. The number of carbonyl (C=O) groups is 1. The third-order valence-corrected chi connectivity index (χ3v) is 5.79. The molecule has 0 saturated heterocycles. The molecule has 2 aromatic heterocycles. The van der Waals surface area contributed by atoms with Gasteiger partial charge >= 0.3 is 0 Å². The Morgan fingerprint density at radius 1 is 0.824 bits per heavy atom. The number of rotatable bonds is 6. The molecule has 6 nitrogen and oxygen atoms in total. The molecule has 2 N–H and O–H groups in total. The predicted molar refractivity (Wildman–Crippen MR) is 139 cm³/mol. The summed E-state index contributed by atoms with van der Waals surface area (Å²) in [5.41, 5.74) is 4.91. The van der Waals surface area contributed by atoms with Crippen molar-refractivity contribution in [2.75, 3.05) is 16.9 Å². The number of pyridine rings is 1. The third-order valence-electron chi connectivity index (χ3n) is 5.24. The molecule has 0 radical (unpaired) electrons. The van der Waals surface area contributed by atoms with Gasteiger partial charge in [0.25, 0.3) is 5.91 Å². The normalized spacial score (nSPS) is 10.7. The maximum atomic E-state index is 13.1. The summed E-state index contributed by atoms with van der Waals surface area (Å²) in [4.78, 5) is 26.6. The molecule has 0 unspecified atom stereocenters. The van der Waals surface area contributed by atoms with Gasteiger partial charge in [-0.15, -0.1) is 0 Å². The van der Waals surface area contributed by atoms with Crippen LogP contribution in [0, 0.1) is 0 Å². The van der Waals surface area contributed by atoms with Crippen LogP contribution in [-0.2, 0) is 0 Å². The first-order valence-corrected chi connectivity index (χ1v) is 11.9. The largest absolute Gasteiger partial charge is 0.356 e. The fourth-order valence-electron chi connectivity index (χ4n) is 3.65. The average molecular weight is 464 g/mol.